The number of ether oxygens (including phenoxy) is 2. The molecule has 0 spiro atoms. The smallest absolute Gasteiger partial charge is 0.260 e. The number of carbonyl (C=O) groups is 1. The number of hydrogen-bond acceptors (Lipinski definition) is 7. The molecule has 4 rings (SSSR count). The van der Waals surface area contributed by atoms with Gasteiger partial charge in [0.05, 0.1) is 14.2 Å². The van der Waals surface area contributed by atoms with Crippen molar-refractivity contribution in [2.45, 2.75) is 25.0 Å². The van der Waals surface area contributed by atoms with E-state index in [0.717, 1.165) is 11.8 Å². The summed E-state index contributed by atoms with van der Waals surface area (Å²) < 4.78 is 12.5. The third kappa shape index (κ3) is 4.29. The third-order valence-electron chi connectivity index (χ3n) is 5.82. The molecule has 0 N–H and O–H groups in total. The molecule has 1 fully saturated rings. The van der Waals surface area contributed by atoms with E-state index in [0.29, 0.717) is 53.1 Å². The number of nitrogens with zero attached hydrogens (tertiary/aromatic N) is 4. The molecule has 1 atom stereocenters. The maximum Gasteiger partial charge on any atom is 0.260 e. The quantitative estimate of drug-likeness (QED) is 0.418. The number of amides is 1. The summed E-state index contributed by atoms with van der Waals surface area (Å²) in [6, 6.07) is 7.23. The van der Waals surface area contributed by atoms with E-state index in [2.05, 4.69) is 9.97 Å². The molecule has 168 valence electrons. The Labute approximate surface area is 190 Å². The van der Waals surface area contributed by atoms with Crippen LogP contribution in [0.15, 0.2) is 40.4 Å². The van der Waals surface area contributed by atoms with Gasteiger partial charge in [-0.25, -0.2) is 9.97 Å². The van der Waals surface area contributed by atoms with E-state index in [1.165, 1.54) is 11.8 Å². The number of aromatic nitrogens is 3. The predicted octanol–water partition coefficient (Wildman–Crippen LogP) is 3.07. The molecular formula is C23H26N4O4S. The van der Waals surface area contributed by atoms with Crippen molar-refractivity contribution in [3.8, 4) is 22.6 Å². The molecule has 3 heterocycles. The first-order chi connectivity index (χ1) is 15.4. The number of hydrogen-bond donors (Lipinski definition) is 0. The largest absolute Gasteiger partial charge is 0.497 e. The van der Waals surface area contributed by atoms with E-state index < -0.39 is 0 Å². The van der Waals surface area contributed by atoms with Gasteiger partial charge in [0.25, 0.3) is 5.56 Å². The number of likely N-dealkylation sites (tertiary alicyclic amines) is 1. The van der Waals surface area contributed by atoms with Crippen molar-refractivity contribution in [2.75, 3.05) is 33.6 Å². The van der Waals surface area contributed by atoms with Gasteiger partial charge < -0.3 is 14.4 Å². The minimum Gasteiger partial charge on any atom is -0.497 e. The van der Waals surface area contributed by atoms with Crippen molar-refractivity contribution in [1.29, 1.82) is 0 Å². The average molecular weight is 455 g/mol. The topological polar surface area (TPSA) is 86.6 Å². The van der Waals surface area contributed by atoms with Gasteiger partial charge in [0, 0.05) is 49.8 Å². The van der Waals surface area contributed by atoms with Gasteiger partial charge in [0.15, 0.2) is 5.16 Å². The van der Waals surface area contributed by atoms with Gasteiger partial charge in [-0.05, 0) is 42.4 Å². The van der Waals surface area contributed by atoms with Crippen molar-refractivity contribution in [3.63, 3.8) is 0 Å². The lowest BCUT2D eigenvalue weighted by Crippen LogP contribution is -2.29. The highest BCUT2D eigenvalue weighted by molar-refractivity contribution is 7.98. The van der Waals surface area contributed by atoms with Crippen molar-refractivity contribution < 1.29 is 14.3 Å². The molecule has 9 heteroatoms. The zero-order valence-corrected chi connectivity index (χ0v) is 19.4. The molecule has 3 aromatic rings. The number of pyridine rings is 1. The fraction of sp³-hybridized carbons (Fsp3) is 0.391. The number of fused-ring (bicyclic) bond motifs is 1. The minimum absolute atomic E-state index is 0.0638. The Morgan fingerprint density at radius 2 is 1.91 bits per heavy atom. The highest BCUT2D eigenvalue weighted by atomic mass is 32.2. The zero-order chi connectivity index (χ0) is 22.8. The number of rotatable bonds is 6. The molecule has 1 saturated heterocycles. The van der Waals surface area contributed by atoms with Crippen LogP contribution in [0.3, 0.4) is 0 Å². The van der Waals surface area contributed by atoms with Crippen LogP contribution >= 0.6 is 11.8 Å². The van der Waals surface area contributed by atoms with Crippen LogP contribution < -0.4 is 15.0 Å². The van der Waals surface area contributed by atoms with E-state index in [-0.39, 0.29) is 17.4 Å². The van der Waals surface area contributed by atoms with Gasteiger partial charge >= 0.3 is 0 Å². The molecular weight excluding hydrogens is 428 g/mol. The van der Waals surface area contributed by atoms with Gasteiger partial charge in [-0.2, -0.15) is 0 Å². The molecule has 1 aromatic carbocycles. The van der Waals surface area contributed by atoms with Crippen LogP contribution in [-0.4, -0.2) is 58.9 Å². The summed E-state index contributed by atoms with van der Waals surface area (Å²) in [5, 5.41) is 1.39. The Morgan fingerprint density at radius 1 is 1.19 bits per heavy atom. The highest BCUT2D eigenvalue weighted by Crippen LogP contribution is 2.30. The first-order valence-corrected chi connectivity index (χ1v) is 11.6. The Hall–Kier alpha value is -3.07. The third-order valence-corrected chi connectivity index (χ3v) is 6.38. The lowest BCUT2D eigenvalue weighted by molar-refractivity contribution is -0.127. The monoisotopic (exact) mass is 454 g/mol. The fourth-order valence-corrected chi connectivity index (χ4v) is 4.44. The summed E-state index contributed by atoms with van der Waals surface area (Å²) >= 11 is 1.43. The van der Waals surface area contributed by atoms with Crippen molar-refractivity contribution in [1.82, 2.24) is 19.4 Å². The van der Waals surface area contributed by atoms with Gasteiger partial charge in [0.1, 0.15) is 17.1 Å². The zero-order valence-electron chi connectivity index (χ0n) is 18.6. The van der Waals surface area contributed by atoms with Crippen LogP contribution in [0.5, 0.6) is 11.5 Å². The molecule has 1 aliphatic rings. The fourth-order valence-electron chi connectivity index (χ4n) is 4.11. The Morgan fingerprint density at radius 3 is 2.50 bits per heavy atom. The van der Waals surface area contributed by atoms with Crippen LogP contribution in [0, 0.1) is 5.92 Å². The van der Waals surface area contributed by atoms with Crippen LogP contribution in [-0.2, 0) is 11.3 Å². The number of thioether (sulfide) groups is 1. The number of benzene rings is 1. The normalized spacial score (nSPS) is 15.9. The summed E-state index contributed by atoms with van der Waals surface area (Å²) in [6.45, 7) is 3.42. The van der Waals surface area contributed by atoms with E-state index in [1.54, 1.807) is 38.0 Å². The molecule has 0 aliphatic carbocycles. The molecule has 8 nitrogen and oxygen atoms in total. The van der Waals surface area contributed by atoms with Gasteiger partial charge in [-0.15, -0.1) is 0 Å². The van der Waals surface area contributed by atoms with E-state index in [1.807, 2.05) is 29.4 Å². The van der Waals surface area contributed by atoms with Gasteiger partial charge in [-0.3, -0.25) is 14.2 Å². The maximum atomic E-state index is 13.7. The number of carbonyl (C=O) groups excluding carboxylic acids is 1. The van der Waals surface area contributed by atoms with Crippen molar-refractivity contribution in [2.24, 2.45) is 5.92 Å². The van der Waals surface area contributed by atoms with Crippen LogP contribution in [0.2, 0.25) is 0 Å². The Balaban J connectivity index is 1.86. The SMILES string of the molecule is COc1cc(OC)cc(-c2cc3cnc(SC)nc3n(CC3CCN(C(C)=O)C3)c2=O)c1. The molecule has 1 aliphatic heterocycles. The average Bonchev–Trinajstić information content (AvgIpc) is 3.29. The molecule has 1 unspecified atom stereocenters. The second-order valence-corrected chi connectivity index (χ2v) is 8.60. The standard InChI is InChI=1S/C23H26N4O4S/c1-14(28)26-6-5-15(12-26)13-27-21-17(11-24-23(25-21)32-4)9-20(22(27)29)16-7-18(30-2)10-19(8-16)31-3/h7-11,15H,5-6,12-13H2,1-4H3. The Kier molecular flexibility index (Phi) is 6.36. The predicted molar refractivity (Wildman–Crippen MR) is 124 cm³/mol. The van der Waals surface area contributed by atoms with Crippen LogP contribution in [0.1, 0.15) is 13.3 Å². The molecule has 1 amide bonds. The number of methoxy groups -OCH3 is 2. The maximum absolute atomic E-state index is 13.7. The van der Waals surface area contributed by atoms with E-state index in [9.17, 15) is 9.59 Å². The molecule has 32 heavy (non-hydrogen) atoms. The summed E-state index contributed by atoms with van der Waals surface area (Å²) in [7, 11) is 3.16. The summed E-state index contributed by atoms with van der Waals surface area (Å²) in [5.41, 5.74) is 1.69. The van der Waals surface area contributed by atoms with Crippen molar-refractivity contribution >= 4 is 28.7 Å². The Bertz CT molecular complexity index is 1200. The minimum atomic E-state index is -0.139. The van der Waals surface area contributed by atoms with Gasteiger partial charge in [-0.1, -0.05) is 11.8 Å². The summed E-state index contributed by atoms with van der Waals surface area (Å²) in [6.07, 6.45) is 4.51. The lowest BCUT2D eigenvalue weighted by atomic mass is 10.0. The van der Waals surface area contributed by atoms with Gasteiger partial charge in [0.2, 0.25) is 5.91 Å². The summed E-state index contributed by atoms with van der Waals surface area (Å²) in [4.78, 5) is 36.4. The molecule has 0 radical (unpaired) electrons. The first-order valence-electron chi connectivity index (χ1n) is 10.4. The molecule has 2 aromatic heterocycles. The highest BCUT2D eigenvalue weighted by Gasteiger charge is 2.26. The second kappa shape index (κ2) is 9.20. The van der Waals surface area contributed by atoms with Crippen LogP contribution in [0.4, 0.5) is 0 Å². The second-order valence-electron chi connectivity index (χ2n) is 7.83. The van der Waals surface area contributed by atoms with E-state index >= 15 is 0 Å². The lowest BCUT2D eigenvalue weighted by Gasteiger charge is -2.18. The first kappa shape index (κ1) is 22.1. The van der Waals surface area contributed by atoms with Crippen molar-refractivity contribution in [3.05, 3.63) is 40.8 Å². The summed E-state index contributed by atoms with van der Waals surface area (Å²) in [5.74, 6) is 1.45. The van der Waals surface area contributed by atoms with Crippen LogP contribution in [0.25, 0.3) is 22.2 Å². The molecule has 0 saturated carbocycles. The van der Waals surface area contributed by atoms with E-state index in [4.69, 9.17) is 9.47 Å². The molecule has 0 bridgehead atoms.